The van der Waals surface area contributed by atoms with E-state index in [2.05, 4.69) is 26.0 Å². The fourth-order valence-electron chi connectivity index (χ4n) is 3.14. The Labute approximate surface area is 195 Å². The number of hydrogen-bond acceptors (Lipinski definition) is 6. The standard InChI is InChI=1S/C23H15BrFN3O3S/c24-16-4-1-14(2-5-16)13-26-28(23-27-18-7-6-17(25)12-21(18)32-23)22(29)15-3-8-19-20(11-15)31-10-9-30-19/h1-8,11-13H,9-10H2/b26-13+. The van der Waals surface area contributed by atoms with Gasteiger partial charge in [-0.1, -0.05) is 39.4 Å². The zero-order chi connectivity index (χ0) is 22.1. The molecule has 0 saturated carbocycles. The Hall–Kier alpha value is -3.30. The molecule has 0 bridgehead atoms. The van der Waals surface area contributed by atoms with Crippen LogP contribution in [0.25, 0.3) is 10.2 Å². The number of rotatable bonds is 4. The number of halogens is 2. The molecule has 0 N–H and O–H groups in total. The number of thiazole rings is 1. The maximum absolute atomic E-state index is 13.7. The average Bonchev–Trinajstić information content (AvgIpc) is 3.22. The van der Waals surface area contributed by atoms with E-state index in [1.807, 2.05) is 24.3 Å². The number of anilines is 1. The van der Waals surface area contributed by atoms with Gasteiger partial charge in [0.1, 0.15) is 19.0 Å². The van der Waals surface area contributed by atoms with Gasteiger partial charge in [0.05, 0.1) is 16.4 Å². The van der Waals surface area contributed by atoms with Crippen molar-refractivity contribution in [1.29, 1.82) is 0 Å². The van der Waals surface area contributed by atoms with Crippen LogP contribution < -0.4 is 14.5 Å². The third-order valence-corrected chi connectivity index (χ3v) is 6.22. The molecule has 0 spiro atoms. The van der Waals surface area contributed by atoms with Crippen LogP contribution in [0, 0.1) is 5.82 Å². The monoisotopic (exact) mass is 511 g/mol. The summed E-state index contributed by atoms with van der Waals surface area (Å²) < 4.78 is 26.4. The second-order valence-corrected chi connectivity index (χ2v) is 8.80. The summed E-state index contributed by atoms with van der Waals surface area (Å²) in [6, 6.07) is 16.8. The predicted molar refractivity (Wildman–Crippen MR) is 126 cm³/mol. The number of nitrogens with zero attached hydrogens (tertiary/aromatic N) is 3. The Morgan fingerprint density at radius 1 is 1.06 bits per heavy atom. The van der Waals surface area contributed by atoms with Crippen molar-refractivity contribution in [2.75, 3.05) is 18.2 Å². The molecular weight excluding hydrogens is 497 g/mol. The van der Waals surface area contributed by atoms with Crippen molar-refractivity contribution < 1.29 is 18.7 Å². The van der Waals surface area contributed by atoms with Gasteiger partial charge in [-0.05, 0) is 54.1 Å². The van der Waals surface area contributed by atoms with Crippen molar-refractivity contribution in [3.8, 4) is 11.5 Å². The molecule has 0 aliphatic carbocycles. The van der Waals surface area contributed by atoms with Crippen LogP contribution in [0.3, 0.4) is 0 Å². The van der Waals surface area contributed by atoms with Gasteiger partial charge < -0.3 is 9.47 Å². The van der Waals surface area contributed by atoms with Crippen LogP contribution in [0.2, 0.25) is 0 Å². The average molecular weight is 512 g/mol. The Morgan fingerprint density at radius 3 is 2.66 bits per heavy atom. The third-order valence-electron chi connectivity index (χ3n) is 4.69. The van der Waals surface area contributed by atoms with Crippen LogP contribution in [0.1, 0.15) is 15.9 Å². The van der Waals surface area contributed by atoms with E-state index in [9.17, 15) is 9.18 Å². The summed E-state index contributed by atoms with van der Waals surface area (Å²) in [5.74, 6) is 0.337. The summed E-state index contributed by atoms with van der Waals surface area (Å²) in [5, 5.41) is 5.98. The van der Waals surface area contributed by atoms with Crippen LogP contribution in [-0.4, -0.2) is 30.3 Å². The number of carbonyl (C=O) groups is 1. The molecule has 2 heterocycles. The lowest BCUT2D eigenvalue weighted by Crippen LogP contribution is -2.26. The molecule has 1 aliphatic heterocycles. The van der Waals surface area contributed by atoms with E-state index in [-0.39, 0.29) is 5.82 Å². The molecule has 0 unspecified atom stereocenters. The molecular formula is C23H15BrFN3O3S. The number of hydrogen-bond donors (Lipinski definition) is 0. The van der Waals surface area contributed by atoms with E-state index in [1.54, 1.807) is 30.5 Å². The highest BCUT2D eigenvalue weighted by Crippen LogP contribution is 2.34. The lowest BCUT2D eigenvalue weighted by Gasteiger charge is -2.20. The topological polar surface area (TPSA) is 64.0 Å². The van der Waals surface area contributed by atoms with Crippen molar-refractivity contribution >= 4 is 54.7 Å². The summed E-state index contributed by atoms with van der Waals surface area (Å²) in [7, 11) is 0. The Balaban J connectivity index is 1.54. The van der Waals surface area contributed by atoms with Crippen molar-refractivity contribution in [3.05, 3.63) is 82.1 Å². The first-order valence-electron chi connectivity index (χ1n) is 9.66. The lowest BCUT2D eigenvalue weighted by atomic mass is 10.2. The SMILES string of the molecule is O=C(c1ccc2c(c1)OCCO2)N(/N=C/c1ccc(Br)cc1)c1nc2ccc(F)cc2s1. The molecule has 1 aliphatic rings. The molecule has 6 nitrogen and oxygen atoms in total. The smallest absolute Gasteiger partial charge is 0.280 e. The summed E-state index contributed by atoms with van der Waals surface area (Å²) in [5.41, 5.74) is 1.76. The van der Waals surface area contributed by atoms with Gasteiger partial charge in [-0.3, -0.25) is 4.79 Å². The lowest BCUT2D eigenvalue weighted by molar-refractivity contribution is 0.0986. The van der Waals surface area contributed by atoms with Crippen LogP contribution in [0.5, 0.6) is 11.5 Å². The van der Waals surface area contributed by atoms with E-state index < -0.39 is 5.91 Å². The molecule has 0 radical (unpaired) electrons. The van der Waals surface area contributed by atoms with E-state index in [1.165, 1.54) is 28.5 Å². The number of hydrazone groups is 1. The molecule has 160 valence electrons. The fourth-order valence-corrected chi connectivity index (χ4v) is 4.35. The second kappa shape index (κ2) is 8.68. The number of carbonyl (C=O) groups excluding carboxylic acids is 1. The first kappa shape index (κ1) is 20.6. The van der Waals surface area contributed by atoms with Crippen LogP contribution >= 0.6 is 27.3 Å². The van der Waals surface area contributed by atoms with E-state index >= 15 is 0 Å². The van der Waals surface area contributed by atoms with Crippen molar-refractivity contribution in [2.45, 2.75) is 0 Å². The summed E-state index contributed by atoms with van der Waals surface area (Å²) in [6.45, 7) is 0.881. The highest BCUT2D eigenvalue weighted by atomic mass is 79.9. The van der Waals surface area contributed by atoms with Crippen LogP contribution in [0.15, 0.2) is 70.2 Å². The summed E-state index contributed by atoms with van der Waals surface area (Å²) >= 11 is 4.59. The van der Waals surface area contributed by atoms with Gasteiger partial charge in [0.2, 0.25) is 5.13 Å². The minimum absolute atomic E-state index is 0.332. The van der Waals surface area contributed by atoms with E-state index in [0.717, 1.165) is 10.0 Å². The van der Waals surface area contributed by atoms with Crippen LogP contribution in [0.4, 0.5) is 9.52 Å². The molecule has 9 heteroatoms. The minimum atomic E-state index is -0.394. The molecule has 32 heavy (non-hydrogen) atoms. The van der Waals surface area contributed by atoms with Gasteiger partial charge in [0, 0.05) is 10.0 Å². The second-order valence-electron chi connectivity index (χ2n) is 6.88. The number of benzene rings is 3. The third kappa shape index (κ3) is 4.21. The summed E-state index contributed by atoms with van der Waals surface area (Å²) in [6.07, 6.45) is 1.58. The van der Waals surface area contributed by atoms with Gasteiger partial charge in [-0.25, -0.2) is 9.37 Å². The van der Waals surface area contributed by atoms with Crippen molar-refractivity contribution in [1.82, 2.24) is 4.98 Å². The summed E-state index contributed by atoms with van der Waals surface area (Å²) in [4.78, 5) is 17.9. The van der Waals surface area contributed by atoms with Gasteiger partial charge in [0.25, 0.3) is 5.91 Å². The van der Waals surface area contributed by atoms with Gasteiger partial charge in [-0.15, -0.1) is 0 Å². The van der Waals surface area contributed by atoms with Gasteiger partial charge in [0.15, 0.2) is 11.5 Å². The molecule has 0 atom stereocenters. The zero-order valence-electron chi connectivity index (χ0n) is 16.5. The van der Waals surface area contributed by atoms with Crippen LogP contribution in [-0.2, 0) is 0 Å². The molecule has 0 saturated heterocycles. The highest BCUT2D eigenvalue weighted by molar-refractivity contribution is 9.10. The number of aromatic nitrogens is 1. The van der Waals surface area contributed by atoms with E-state index in [4.69, 9.17) is 9.47 Å². The number of fused-ring (bicyclic) bond motifs is 2. The number of amides is 1. The quantitative estimate of drug-likeness (QED) is 0.262. The largest absolute Gasteiger partial charge is 0.486 e. The van der Waals surface area contributed by atoms with Crippen molar-refractivity contribution in [2.24, 2.45) is 5.10 Å². The predicted octanol–water partition coefficient (Wildman–Crippen LogP) is 5.65. The molecule has 4 aromatic rings. The maximum atomic E-state index is 13.7. The minimum Gasteiger partial charge on any atom is -0.486 e. The first-order chi connectivity index (χ1) is 15.6. The van der Waals surface area contributed by atoms with Crippen molar-refractivity contribution in [3.63, 3.8) is 0 Å². The molecule has 3 aromatic carbocycles. The molecule has 1 aromatic heterocycles. The first-order valence-corrected chi connectivity index (χ1v) is 11.3. The Kier molecular flexibility index (Phi) is 5.59. The van der Waals surface area contributed by atoms with Gasteiger partial charge >= 0.3 is 0 Å². The Morgan fingerprint density at radius 2 is 1.84 bits per heavy atom. The number of ether oxygens (including phenoxy) is 2. The van der Waals surface area contributed by atoms with Gasteiger partial charge in [-0.2, -0.15) is 10.1 Å². The molecule has 0 fully saturated rings. The normalized spacial score (nSPS) is 12.9. The molecule has 5 rings (SSSR count). The Bertz CT molecular complexity index is 1340. The highest BCUT2D eigenvalue weighted by Gasteiger charge is 2.23. The van der Waals surface area contributed by atoms with E-state index in [0.29, 0.717) is 45.6 Å². The fraction of sp³-hybridized carbons (Fsp3) is 0.0870. The molecule has 1 amide bonds. The maximum Gasteiger partial charge on any atom is 0.280 e. The zero-order valence-corrected chi connectivity index (χ0v) is 18.9.